The van der Waals surface area contributed by atoms with Crippen LogP contribution in [0, 0.1) is 12.8 Å². The average molecular weight is 334 g/mol. The summed E-state index contributed by atoms with van der Waals surface area (Å²) in [6.45, 7) is 2.29. The molecule has 1 aromatic heterocycles. The smallest absolute Gasteiger partial charge is 0.241 e. The predicted octanol–water partition coefficient (Wildman–Crippen LogP) is 2.37. The molecule has 1 saturated carbocycles. The Morgan fingerprint density at radius 2 is 2.13 bits per heavy atom. The van der Waals surface area contributed by atoms with E-state index in [0.29, 0.717) is 23.9 Å². The molecule has 1 aromatic carbocycles. The summed E-state index contributed by atoms with van der Waals surface area (Å²) in [5.74, 6) is 0.198. The molecule has 2 unspecified atom stereocenters. The molecule has 1 heterocycles. The van der Waals surface area contributed by atoms with Crippen LogP contribution in [-0.4, -0.2) is 31.2 Å². The minimum absolute atomic E-state index is 0.198. The fourth-order valence-corrected chi connectivity index (χ4v) is 4.59. The fraction of sp³-hybridized carbons (Fsp3) is 0.471. The molecule has 0 amide bonds. The summed E-state index contributed by atoms with van der Waals surface area (Å²) in [6.07, 6.45) is 4.75. The highest BCUT2D eigenvalue weighted by Gasteiger charge is 2.24. The maximum atomic E-state index is 12.7. The van der Waals surface area contributed by atoms with Gasteiger partial charge in [0, 0.05) is 18.1 Å². The quantitative estimate of drug-likeness (QED) is 0.900. The SMILES string of the molecule is Cc1ccc(S(=O)(=O)NCC2CCCC(O)C2)c2cccnc12. The summed E-state index contributed by atoms with van der Waals surface area (Å²) in [7, 11) is -3.59. The van der Waals surface area contributed by atoms with Crippen molar-refractivity contribution in [3.05, 3.63) is 36.0 Å². The van der Waals surface area contributed by atoms with Crippen LogP contribution in [0.15, 0.2) is 35.4 Å². The average Bonchev–Trinajstić information content (AvgIpc) is 2.53. The van der Waals surface area contributed by atoms with Gasteiger partial charge in [0.05, 0.1) is 16.5 Å². The Bertz CT molecular complexity index is 805. The summed E-state index contributed by atoms with van der Waals surface area (Å²) in [5.41, 5.74) is 1.67. The number of rotatable bonds is 4. The van der Waals surface area contributed by atoms with Crippen LogP contribution in [0.3, 0.4) is 0 Å². The van der Waals surface area contributed by atoms with Gasteiger partial charge < -0.3 is 5.11 Å². The lowest BCUT2D eigenvalue weighted by molar-refractivity contribution is 0.102. The second-order valence-electron chi connectivity index (χ2n) is 6.32. The van der Waals surface area contributed by atoms with Crippen LogP contribution in [0.4, 0.5) is 0 Å². The zero-order chi connectivity index (χ0) is 16.4. The van der Waals surface area contributed by atoms with E-state index < -0.39 is 10.0 Å². The Morgan fingerprint density at radius 3 is 2.91 bits per heavy atom. The van der Waals surface area contributed by atoms with Crippen molar-refractivity contribution in [2.75, 3.05) is 6.54 Å². The molecule has 0 spiro atoms. The lowest BCUT2D eigenvalue weighted by atomic mass is 9.87. The van der Waals surface area contributed by atoms with E-state index in [9.17, 15) is 13.5 Å². The standard InChI is InChI=1S/C17H22N2O3S/c1-12-7-8-16(15-6-3-9-18-17(12)15)23(21,22)19-11-13-4-2-5-14(20)10-13/h3,6-9,13-14,19-20H,2,4-5,10-11H2,1H3. The zero-order valence-corrected chi connectivity index (χ0v) is 14.0. The summed E-state index contributed by atoms with van der Waals surface area (Å²) in [4.78, 5) is 4.56. The molecule has 124 valence electrons. The molecule has 5 nitrogen and oxygen atoms in total. The lowest BCUT2D eigenvalue weighted by Gasteiger charge is -2.25. The van der Waals surface area contributed by atoms with Gasteiger partial charge in [-0.25, -0.2) is 13.1 Å². The third-order valence-electron chi connectivity index (χ3n) is 4.54. The number of hydrogen-bond donors (Lipinski definition) is 2. The van der Waals surface area contributed by atoms with E-state index in [4.69, 9.17) is 0 Å². The van der Waals surface area contributed by atoms with Gasteiger partial charge in [0.2, 0.25) is 10.0 Å². The van der Waals surface area contributed by atoms with E-state index in [2.05, 4.69) is 9.71 Å². The number of sulfonamides is 1. The second-order valence-corrected chi connectivity index (χ2v) is 8.05. The maximum absolute atomic E-state index is 12.7. The van der Waals surface area contributed by atoms with E-state index in [-0.39, 0.29) is 16.9 Å². The normalized spacial score (nSPS) is 22.3. The predicted molar refractivity (Wildman–Crippen MR) is 89.6 cm³/mol. The Kier molecular flexibility index (Phi) is 4.66. The molecular formula is C17H22N2O3S. The molecule has 0 aliphatic heterocycles. The Morgan fingerprint density at radius 1 is 1.30 bits per heavy atom. The van der Waals surface area contributed by atoms with Crippen molar-refractivity contribution in [2.45, 2.75) is 43.6 Å². The number of aromatic nitrogens is 1. The van der Waals surface area contributed by atoms with Crippen molar-refractivity contribution >= 4 is 20.9 Å². The molecule has 1 aliphatic carbocycles. The van der Waals surface area contributed by atoms with Crippen molar-refractivity contribution in [1.82, 2.24) is 9.71 Å². The molecule has 0 saturated heterocycles. The summed E-state index contributed by atoms with van der Waals surface area (Å²) < 4.78 is 28.1. The number of aryl methyl sites for hydroxylation is 1. The fourth-order valence-electron chi connectivity index (χ4n) is 3.28. The van der Waals surface area contributed by atoms with Gasteiger partial charge in [-0.3, -0.25) is 4.98 Å². The molecule has 2 atom stereocenters. The van der Waals surface area contributed by atoms with Crippen molar-refractivity contribution in [3.8, 4) is 0 Å². The van der Waals surface area contributed by atoms with Gasteiger partial charge in [-0.15, -0.1) is 0 Å². The van der Waals surface area contributed by atoms with E-state index in [1.807, 2.05) is 6.92 Å². The summed E-state index contributed by atoms with van der Waals surface area (Å²) in [5, 5.41) is 10.4. The number of hydrogen-bond acceptors (Lipinski definition) is 4. The molecule has 23 heavy (non-hydrogen) atoms. The van der Waals surface area contributed by atoms with Crippen molar-refractivity contribution in [3.63, 3.8) is 0 Å². The van der Waals surface area contributed by atoms with Crippen LogP contribution in [0.1, 0.15) is 31.2 Å². The first-order valence-electron chi connectivity index (χ1n) is 7.99. The van der Waals surface area contributed by atoms with E-state index in [1.165, 1.54) is 0 Å². The minimum atomic E-state index is -3.59. The summed E-state index contributed by atoms with van der Waals surface area (Å²) in [6, 6.07) is 6.96. The Hall–Kier alpha value is -1.50. The van der Waals surface area contributed by atoms with Crippen LogP contribution in [0.25, 0.3) is 10.9 Å². The number of nitrogens with zero attached hydrogens (tertiary/aromatic N) is 1. The Labute approximate surface area is 136 Å². The first-order valence-corrected chi connectivity index (χ1v) is 9.48. The number of benzene rings is 1. The zero-order valence-electron chi connectivity index (χ0n) is 13.2. The first-order chi connectivity index (χ1) is 11.0. The summed E-state index contributed by atoms with van der Waals surface area (Å²) >= 11 is 0. The highest BCUT2D eigenvalue weighted by atomic mass is 32.2. The third-order valence-corrected chi connectivity index (χ3v) is 6.02. The molecule has 6 heteroatoms. The lowest BCUT2D eigenvalue weighted by Crippen LogP contribution is -2.33. The van der Waals surface area contributed by atoms with Crippen molar-refractivity contribution in [1.29, 1.82) is 0 Å². The van der Waals surface area contributed by atoms with Crippen molar-refractivity contribution in [2.24, 2.45) is 5.92 Å². The third kappa shape index (κ3) is 3.54. The number of aliphatic hydroxyl groups excluding tert-OH is 1. The number of aliphatic hydroxyl groups is 1. The van der Waals surface area contributed by atoms with Gasteiger partial charge in [-0.1, -0.05) is 12.5 Å². The van der Waals surface area contributed by atoms with Crippen LogP contribution >= 0.6 is 0 Å². The van der Waals surface area contributed by atoms with Crippen LogP contribution < -0.4 is 4.72 Å². The van der Waals surface area contributed by atoms with Gasteiger partial charge in [-0.05, 0) is 55.9 Å². The van der Waals surface area contributed by atoms with E-state index >= 15 is 0 Å². The Balaban J connectivity index is 1.84. The number of nitrogens with one attached hydrogen (secondary N) is 1. The minimum Gasteiger partial charge on any atom is -0.393 e. The first kappa shape index (κ1) is 16.4. The van der Waals surface area contributed by atoms with Gasteiger partial charge in [0.1, 0.15) is 0 Å². The molecule has 3 rings (SSSR count). The van der Waals surface area contributed by atoms with Crippen molar-refractivity contribution < 1.29 is 13.5 Å². The molecular weight excluding hydrogens is 312 g/mol. The number of pyridine rings is 1. The molecule has 1 aliphatic rings. The maximum Gasteiger partial charge on any atom is 0.241 e. The molecule has 2 aromatic rings. The van der Waals surface area contributed by atoms with Gasteiger partial charge in [-0.2, -0.15) is 0 Å². The van der Waals surface area contributed by atoms with Gasteiger partial charge in [0.25, 0.3) is 0 Å². The number of fused-ring (bicyclic) bond motifs is 1. The van der Waals surface area contributed by atoms with Crippen LogP contribution in [0.2, 0.25) is 0 Å². The van der Waals surface area contributed by atoms with Gasteiger partial charge in [0.15, 0.2) is 0 Å². The molecule has 0 bridgehead atoms. The topological polar surface area (TPSA) is 79.3 Å². The molecule has 2 N–H and O–H groups in total. The van der Waals surface area contributed by atoms with Crippen LogP contribution in [-0.2, 0) is 10.0 Å². The molecule has 0 radical (unpaired) electrons. The highest BCUT2D eigenvalue weighted by molar-refractivity contribution is 7.89. The van der Waals surface area contributed by atoms with Gasteiger partial charge >= 0.3 is 0 Å². The highest BCUT2D eigenvalue weighted by Crippen LogP contribution is 2.26. The second kappa shape index (κ2) is 6.55. The van der Waals surface area contributed by atoms with Crippen LogP contribution in [0.5, 0.6) is 0 Å². The van der Waals surface area contributed by atoms with E-state index in [0.717, 1.165) is 24.8 Å². The van der Waals surface area contributed by atoms with E-state index in [1.54, 1.807) is 30.5 Å². The molecule has 1 fully saturated rings. The monoisotopic (exact) mass is 334 g/mol. The largest absolute Gasteiger partial charge is 0.393 e.